The van der Waals surface area contributed by atoms with Crippen LogP contribution in [-0.4, -0.2) is 62.2 Å². The summed E-state index contributed by atoms with van der Waals surface area (Å²) in [4.78, 5) is 4.44. The van der Waals surface area contributed by atoms with Gasteiger partial charge in [0.25, 0.3) is 0 Å². The van der Waals surface area contributed by atoms with Crippen LogP contribution in [-0.2, 0) is 0 Å². The van der Waals surface area contributed by atoms with Crippen molar-refractivity contribution >= 4 is 5.69 Å². The van der Waals surface area contributed by atoms with Crippen molar-refractivity contribution in [3.05, 3.63) is 48.3 Å². The van der Waals surface area contributed by atoms with E-state index in [1.54, 1.807) is 24.3 Å². The van der Waals surface area contributed by atoms with Crippen LogP contribution in [0, 0.1) is 5.82 Å². The molecule has 2 aromatic rings. The smallest absolute Gasteiger partial charge is 0.231 e. The molecule has 1 atom stereocenters. The maximum Gasteiger partial charge on any atom is 0.231 e. The molecule has 0 bridgehead atoms. The van der Waals surface area contributed by atoms with E-state index in [1.807, 2.05) is 6.07 Å². The molecule has 1 N–H and O–H groups in total. The molecule has 0 aromatic heterocycles. The Kier molecular flexibility index (Phi) is 8.64. The number of anilines is 1. The number of nitrogens with zero attached hydrogens (tertiary/aromatic N) is 2. The van der Waals surface area contributed by atoms with Crippen LogP contribution in [0.2, 0.25) is 0 Å². The van der Waals surface area contributed by atoms with Crippen molar-refractivity contribution in [2.45, 2.75) is 6.10 Å². The van der Waals surface area contributed by atoms with Crippen molar-refractivity contribution in [1.82, 2.24) is 4.90 Å². The molecule has 0 aliphatic carbocycles. The SMILES string of the molecule is OC(COc1ccc2c(c1)OCO2)CN1CCN(c2ccc(F)cc2)CC1.[Cl-].[Cl-]. The van der Waals surface area contributed by atoms with E-state index >= 15 is 0 Å². The van der Waals surface area contributed by atoms with Crippen LogP contribution in [0.25, 0.3) is 0 Å². The first-order chi connectivity index (χ1) is 13.2. The number of rotatable bonds is 6. The molecule has 0 saturated carbocycles. The number of aliphatic hydroxyl groups is 1. The molecule has 2 aliphatic heterocycles. The Bertz CT molecular complexity index is 774. The third-order valence-corrected chi connectivity index (χ3v) is 4.82. The normalized spacial score (nSPS) is 16.6. The lowest BCUT2D eigenvalue weighted by Gasteiger charge is -2.36. The van der Waals surface area contributed by atoms with Gasteiger partial charge in [0.2, 0.25) is 6.79 Å². The van der Waals surface area contributed by atoms with E-state index in [2.05, 4.69) is 9.80 Å². The molecule has 1 saturated heterocycles. The number of hydrogen-bond acceptors (Lipinski definition) is 6. The Morgan fingerprint density at radius 1 is 0.966 bits per heavy atom. The predicted octanol–water partition coefficient (Wildman–Crippen LogP) is -3.88. The Labute approximate surface area is 182 Å². The first-order valence-corrected chi connectivity index (χ1v) is 9.11. The first-order valence-electron chi connectivity index (χ1n) is 9.11. The Morgan fingerprint density at radius 3 is 2.38 bits per heavy atom. The van der Waals surface area contributed by atoms with Crippen LogP contribution in [0.1, 0.15) is 0 Å². The van der Waals surface area contributed by atoms with Crippen LogP contribution in [0.4, 0.5) is 10.1 Å². The van der Waals surface area contributed by atoms with E-state index in [-0.39, 0.29) is 44.0 Å². The zero-order chi connectivity index (χ0) is 18.6. The molecule has 2 heterocycles. The van der Waals surface area contributed by atoms with E-state index in [4.69, 9.17) is 14.2 Å². The van der Waals surface area contributed by atoms with Gasteiger partial charge in [-0.15, -0.1) is 0 Å². The lowest BCUT2D eigenvalue weighted by Crippen LogP contribution is -3.00. The number of ether oxygens (including phenoxy) is 3. The van der Waals surface area contributed by atoms with Crippen molar-refractivity contribution in [1.29, 1.82) is 0 Å². The topological polar surface area (TPSA) is 54.4 Å². The van der Waals surface area contributed by atoms with Crippen LogP contribution in [0.3, 0.4) is 0 Å². The molecular weight excluding hydrogens is 422 g/mol. The summed E-state index contributed by atoms with van der Waals surface area (Å²) in [5.41, 5.74) is 1.03. The number of β-amino-alcohol motifs (C(OH)–C–C–N with tert-alkyl or cyclic N) is 1. The molecule has 0 amide bonds. The summed E-state index contributed by atoms with van der Waals surface area (Å²) in [7, 11) is 0. The second-order valence-corrected chi connectivity index (χ2v) is 6.74. The molecule has 0 radical (unpaired) electrons. The molecule has 1 unspecified atom stereocenters. The molecule has 1 fully saturated rings. The van der Waals surface area contributed by atoms with Gasteiger partial charge in [0.15, 0.2) is 11.5 Å². The molecule has 9 heteroatoms. The maximum atomic E-state index is 13.0. The summed E-state index contributed by atoms with van der Waals surface area (Å²) >= 11 is 0. The van der Waals surface area contributed by atoms with E-state index < -0.39 is 6.10 Å². The van der Waals surface area contributed by atoms with Crippen LogP contribution >= 0.6 is 0 Å². The molecule has 6 nitrogen and oxygen atoms in total. The number of fused-ring (bicyclic) bond motifs is 1. The summed E-state index contributed by atoms with van der Waals surface area (Å²) in [6, 6.07) is 12.0. The molecule has 2 aromatic carbocycles. The largest absolute Gasteiger partial charge is 1.00 e. The summed E-state index contributed by atoms with van der Waals surface area (Å²) in [6.07, 6.45) is -0.576. The highest BCUT2D eigenvalue weighted by atomic mass is 35.5. The standard InChI is InChI=1S/C20H23FN2O4.2ClH/c21-15-1-3-16(4-2-15)23-9-7-22(8-10-23)12-17(24)13-25-18-5-6-19-20(11-18)27-14-26-19;;/h1-6,11,17,24H,7-10,12-14H2;2*1H/p-2. The number of hydrogen-bond donors (Lipinski definition) is 1. The van der Waals surface area contributed by atoms with E-state index in [0.717, 1.165) is 31.9 Å². The van der Waals surface area contributed by atoms with Crippen LogP contribution in [0.15, 0.2) is 42.5 Å². The van der Waals surface area contributed by atoms with E-state index in [9.17, 15) is 9.50 Å². The van der Waals surface area contributed by atoms with Crippen molar-refractivity contribution in [2.24, 2.45) is 0 Å². The van der Waals surface area contributed by atoms with Gasteiger partial charge in [0, 0.05) is 44.5 Å². The van der Waals surface area contributed by atoms with Crippen molar-refractivity contribution < 1.29 is 48.5 Å². The molecule has 4 rings (SSSR count). The summed E-state index contributed by atoms with van der Waals surface area (Å²) in [5, 5.41) is 10.3. The summed E-state index contributed by atoms with van der Waals surface area (Å²) < 4.78 is 29.3. The minimum absolute atomic E-state index is 0. The van der Waals surface area contributed by atoms with Crippen molar-refractivity contribution in [2.75, 3.05) is 51.0 Å². The van der Waals surface area contributed by atoms with Crippen LogP contribution in [0.5, 0.6) is 17.2 Å². The average Bonchev–Trinajstić information content (AvgIpc) is 3.15. The van der Waals surface area contributed by atoms with Gasteiger partial charge >= 0.3 is 0 Å². The number of halogens is 3. The fourth-order valence-corrected chi connectivity index (χ4v) is 3.35. The fraction of sp³-hybridized carbons (Fsp3) is 0.400. The number of aliphatic hydroxyl groups excluding tert-OH is 1. The predicted molar refractivity (Wildman–Crippen MR) is 99.1 cm³/mol. The molecule has 0 spiro atoms. The highest BCUT2D eigenvalue weighted by Gasteiger charge is 2.20. The van der Waals surface area contributed by atoms with Gasteiger partial charge in [-0.1, -0.05) is 0 Å². The van der Waals surface area contributed by atoms with Crippen molar-refractivity contribution in [3.8, 4) is 17.2 Å². The summed E-state index contributed by atoms with van der Waals surface area (Å²) in [5.74, 6) is 1.81. The number of piperazine rings is 1. The second-order valence-electron chi connectivity index (χ2n) is 6.74. The van der Waals surface area contributed by atoms with Gasteiger partial charge in [0.1, 0.15) is 24.3 Å². The Balaban J connectivity index is 0.00000150. The second kappa shape index (κ2) is 10.7. The monoisotopic (exact) mass is 444 g/mol. The van der Waals surface area contributed by atoms with Gasteiger partial charge in [-0.2, -0.15) is 0 Å². The van der Waals surface area contributed by atoms with Gasteiger partial charge < -0.3 is 49.0 Å². The molecule has 160 valence electrons. The highest BCUT2D eigenvalue weighted by Crippen LogP contribution is 2.35. The zero-order valence-corrected chi connectivity index (χ0v) is 17.3. The zero-order valence-electron chi connectivity index (χ0n) is 15.8. The Hall–Kier alpha value is -1.93. The highest BCUT2D eigenvalue weighted by molar-refractivity contribution is 5.47. The lowest BCUT2D eigenvalue weighted by molar-refractivity contribution is -0.001000. The number of benzene rings is 2. The fourth-order valence-electron chi connectivity index (χ4n) is 3.35. The van der Waals surface area contributed by atoms with Gasteiger partial charge in [-0.25, -0.2) is 4.39 Å². The lowest BCUT2D eigenvalue weighted by atomic mass is 10.2. The molecule has 2 aliphatic rings. The molecule has 29 heavy (non-hydrogen) atoms. The van der Waals surface area contributed by atoms with Gasteiger partial charge in [-0.3, -0.25) is 4.90 Å². The Morgan fingerprint density at radius 2 is 1.66 bits per heavy atom. The maximum absolute atomic E-state index is 13.0. The first kappa shape index (κ1) is 23.3. The minimum atomic E-state index is -0.576. The van der Waals surface area contributed by atoms with E-state index in [1.165, 1.54) is 12.1 Å². The van der Waals surface area contributed by atoms with Gasteiger partial charge in [-0.05, 0) is 36.4 Å². The van der Waals surface area contributed by atoms with Crippen LogP contribution < -0.4 is 43.9 Å². The van der Waals surface area contributed by atoms with Gasteiger partial charge in [0.05, 0.1) is 0 Å². The van der Waals surface area contributed by atoms with E-state index in [0.29, 0.717) is 23.8 Å². The minimum Gasteiger partial charge on any atom is -1.00 e. The van der Waals surface area contributed by atoms with Crippen molar-refractivity contribution in [3.63, 3.8) is 0 Å². The quantitative estimate of drug-likeness (QED) is 0.492. The third-order valence-electron chi connectivity index (χ3n) is 4.82. The molecular formula is C20H23Cl2FN2O4-2. The third kappa shape index (κ3) is 6.02. The average molecular weight is 445 g/mol. The summed E-state index contributed by atoms with van der Waals surface area (Å²) in [6.45, 7) is 4.39.